The summed E-state index contributed by atoms with van der Waals surface area (Å²) in [4.78, 5) is 13.7. The molecule has 292 valence electrons. The van der Waals surface area contributed by atoms with Crippen LogP contribution >= 0.6 is 0 Å². The van der Waals surface area contributed by atoms with E-state index in [4.69, 9.17) is 16.5 Å². The van der Waals surface area contributed by atoms with Crippen molar-refractivity contribution < 1.29 is 5.11 Å². The molecule has 0 aliphatic carbocycles. The summed E-state index contributed by atoms with van der Waals surface area (Å²) < 4.78 is 2.30. The molecule has 9 aromatic rings. The van der Waals surface area contributed by atoms with E-state index in [0.29, 0.717) is 16.9 Å². The lowest BCUT2D eigenvalue weighted by Crippen LogP contribution is -2.16. The molecule has 60 heavy (non-hydrogen) atoms. The zero-order valence-electron chi connectivity index (χ0n) is 34.8. The zero-order chi connectivity index (χ0) is 41.8. The van der Waals surface area contributed by atoms with Crippen LogP contribution in [0.25, 0.3) is 88.4 Å². The number of phenols is 1. The van der Waals surface area contributed by atoms with Crippen molar-refractivity contribution in [3.05, 3.63) is 186 Å². The van der Waals surface area contributed by atoms with E-state index in [-0.39, 0.29) is 16.6 Å². The van der Waals surface area contributed by atoms with Gasteiger partial charge >= 0.3 is 0 Å². The second-order valence-corrected chi connectivity index (χ2v) is 17.6. The van der Waals surface area contributed by atoms with Gasteiger partial charge in [0.1, 0.15) is 5.75 Å². The lowest BCUT2D eigenvalue weighted by atomic mass is 9.79. The highest BCUT2D eigenvalue weighted by molar-refractivity contribution is 6.13. The molecule has 0 aliphatic rings. The second kappa shape index (κ2) is 14.8. The largest absolute Gasteiger partial charge is 0.507 e. The van der Waals surface area contributed by atoms with Gasteiger partial charge in [-0.25, -0.2) is 9.83 Å². The van der Waals surface area contributed by atoms with Crippen LogP contribution in [-0.4, -0.2) is 19.6 Å². The lowest BCUT2D eigenvalue weighted by molar-refractivity contribution is 0.477. The Hall–Kier alpha value is -7.29. The molecule has 5 heteroatoms. The average molecular weight is 779 g/mol. The SMILES string of the molecule is [C-]#[N+]c1ccc(-n2c3ccccc3c3cccc(-c4ccnc(-c5cccc(-c6cc(-c7cc(C(C)(C)C)cc(C(C)(C)C)c7)cc(-c7ccccc7O)n6)c5)c4)c32)cc1. The van der Waals surface area contributed by atoms with E-state index in [0.717, 1.165) is 66.9 Å². The van der Waals surface area contributed by atoms with E-state index in [1.807, 2.05) is 48.7 Å². The molecule has 3 heterocycles. The summed E-state index contributed by atoms with van der Waals surface area (Å²) >= 11 is 0. The summed E-state index contributed by atoms with van der Waals surface area (Å²) in [6, 6.07) is 54.1. The van der Waals surface area contributed by atoms with Crippen molar-refractivity contribution in [1.82, 2.24) is 14.5 Å². The van der Waals surface area contributed by atoms with Crippen LogP contribution in [0.1, 0.15) is 52.7 Å². The van der Waals surface area contributed by atoms with Gasteiger partial charge in [0.15, 0.2) is 5.69 Å². The summed E-state index contributed by atoms with van der Waals surface area (Å²) in [5.41, 5.74) is 15.5. The van der Waals surface area contributed by atoms with Crippen molar-refractivity contribution in [2.24, 2.45) is 0 Å². The van der Waals surface area contributed by atoms with Gasteiger partial charge in [0.05, 0.1) is 34.7 Å². The van der Waals surface area contributed by atoms with Gasteiger partial charge in [-0.3, -0.25) is 4.98 Å². The van der Waals surface area contributed by atoms with Gasteiger partial charge in [0.2, 0.25) is 0 Å². The summed E-state index contributed by atoms with van der Waals surface area (Å²) in [6.45, 7) is 21.1. The first-order valence-electron chi connectivity index (χ1n) is 20.4. The van der Waals surface area contributed by atoms with E-state index in [1.165, 1.54) is 16.5 Å². The Kier molecular flexibility index (Phi) is 9.45. The third-order valence-electron chi connectivity index (χ3n) is 11.5. The van der Waals surface area contributed by atoms with Crippen molar-refractivity contribution in [3.8, 4) is 67.5 Å². The molecule has 0 atom stereocenters. The predicted octanol–water partition coefficient (Wildman–Crippen LogP) is 14.8. The summed E-state index contributed by atoms with van der Waals surface area (Å²) in [5, 5.41) is 13.4. The van der Waals surface area contributed by atoms with Crippen molar-refractivity contribution in [3.63, 3.8) is 0 Å². The molecule has 0 aliphatic heterocycles. The van der Waals surface area contributed by atoms with Gasteiger partial charge in [-0.2, -0.15) is 0 Å². The highest BCUT2D eigenvalue weighted by Crippen LogP contribution is 2.41. The normalized spacial score (nSPS) is 11.9. The topological polar surface area (TPSA) is 55.3 Å². The molecule has 0 saturated heterocycles. The van der Waals surface area contributed by atoms with Gasteiger partial charge in [0.25, 0.3) is 0 Å². The van der Waals surface area contributed by atoms with Crippen LogP contribution in [-0.2, 0) is 10.8 Å². The number of aromatic nitrogens is 3. The highest BCUT2D eigenvalue weighted by Gasteiger charge is 2.22. The molecule has 3 aromatic heterocycles. The molecule has 9 rings (SSSR count). The molecule has 0 saturated carbocycles. The average Bonchev–Trinajstić information content (AvgIpc) is 3.60. The first kappa shape index (κ1) is 38.2. The summed E-state index contributed by atoms with van der Waals surface area (Å²) in [6.07, 6.45) is 1.89. The summed E-state index contributed by atoms with van der Waals surface area (Å²) in [5.74, 6) is 0.191. The fraction of sp³-hybridized carbons (Fsp3) is 0.145. The van der Waals surface area contributed by atoms with Crippen molar-refractivity contribution in [2.75, 3.05) is 0 Å². The van der Waals surface area contributed by atoms with Crippen molar-refractivity contribution in [1.29, 1.82) is 0 Å². The smallest absolute Gasteiger partial charge is 0.187 e. The maximum absolute atomic E-state index is 11.1. The van der Waals surface area contributed by atoms with E-state index in [1.54, 1.807) is 6.07 Å². The van der Waals surface area contributed by atoms with Gasteiger partial charge < -0.3 is 9.67 Å². The molecule has 5 nitrogen and oxygen atoms in total. The minimum absolute atomic E-state index is 0.0467. The first-order valence-corrected chi connectivity index (χ1v) is 20.4. The maximum atomic E-state index is 11.1. The molecule has 0 bridgehead atoms. The molecular weight excluding hydrogens is 733 g/mol. The minimum atomic E-state index is -0.0467. The predicted molar refractivity (Wildman–Crippen MR) is 249 cm³/mol. The molecule has 0 radical (unpaired) electrons. The number of fused-ring (bicyclic) bond motifs is 3. The van der Waals surface area contributed by atoms with Crippen LogP contribution in [0.5, 0.6) is 5.75 Å². The van der Waals surface area contributed by atoms with Crippen molar-refractivity contribution in [2.45, 2.75) is 52.4 Å². The van der Waals surface area contributed by atoms with Crippen LogP contribution in [0.3, 0.4) is 0 Å². The minimum Gasteiger partial charge on any atom is -0.507 e. The van der Waals surface area contributed by atoms with E-state index >= 15 is 0 Å². The molecule has 0 unspecified atom stereocenters. The molecule has 0 fully saturated rings. The molecule has 0 amide bonds. The number of aromatic hydroxyl groups is 1. The van der Waals surface area contributed by atoms with Crippen molar-refractivity contribution >= 4 is 27.5 Å². The number of benzene rings is 6. The molecule has 1 N–H and O–H groups in total. The fourth-order valence-corrected chi connectivity index (χ4v) is 8.12. The number of nitrogens with zero attached hydrogens (tertiary/aromatic N) is 4. The monoisotopic (exact) mass is 778 g/mol. The van der Waals surface area contributed by atoms with Gasteiger partial charge in [-0.1, -0.05) is 139 Å². The first-order chi connectivity index (χ1) is 28.9. The van der Waals surface area contributed by atoms with E-state index in [2.05, 4.69) is 160 Å². The van der Waals surface area contributed by atoms with Crippen LogP contribution in [0.2, 0.25) is 0 Å². The van der Waals surface area contributed by atoms with Gasteiger partial charge in [0, 0.05) is 44.9 Å². The van der Waals surface area contributed by atoms with Crippen LogP contribution < -0.4 is 0 Å². The molecule has 0 spiro atoms. The van der Waals surface area contributed by atoms with E-state index in [9.17, 15) is 5.11 Å². The Bertz CT molecular complexity index is 3100. The van der Waals surface area contributed by atoms with Crippen LogP contribution in [0.4, 0.5) is 5.69 Å². The van der Waals surface area contributed by atoms with E-state index < -0.39 is 0 Å². The summed E-state index contributed by atoms with van der Waals surface area (Å²) in [7, 11) is 0. The van der Waals surface area contributed by atoms with Gasteiger partial charge in [-0.15, -0.1) is 0 Å². The number of hydrogen-bond donors (Lipinski definition) is 1. The Morgan fingerprint density at radius 3 is 1.83 bits per heavy atom. The number of para-hydroxylation sites is 3. The highest BCUT2D eigenvalue weighted by atomic mass is 16.3. The van der Waals surface area contributed by atoms with Gasteiger partial charge in [-0.05, 0) is 99.3 Å². The third-order valence-corrected chi connectivity index (χ3v) is 11.5. The number of rotatable bonds is 6. The second-order valence-electron chi connectivity index (χ2n) is 17.6. The maximum Gasteiger partial charge on any atom is 0.187 e. The third kappa shape index (κ3) is 7.11. The Morgan fingerprint density at radius 1 is 0.517 bits per heavy atom. The lowest BCUT2D eigenvalue weighted by Gasteiger charge is -2.26. The number of hydrogen-bond acceptors (Lipinski definition) is 3. The molecular formula is C55H46N4O. The number of phenolic OH excluding ortho intramolecular Hbond substituents is 1. The van der Waals surface area contributed by atoms with Crippen LogP contribution in [0, 0.1) is 6.57 Å². The zero-order valence-corrected chi connectivity index (χ0v) is 34.8. The quantitative estimate of drug-likeness (QED) is 0.171. The Labute approximate surface area is 352 Å². The Morgan fingerprint density at radius 2 is 1.12 bits per heavy atom. The molecule has 6 aromatic carbocycles. The van der Waals surface area contributed by atoms with Crippen LogP contribution in [0.15, 0.2) is 164 Å². The fourth-order valence-electron chi connectivity index (χ4n) is 8.12. The standard InChI is InChI=1S/C55H46N4O/c1-54(2,3)40-29-38(30-41(34-40)55(4,5)6)39-32-49(58-50(33-39)47-17-9-11-21-52(47)60)37-15-12-14-36(28-37)48-31-35(26-27-57-48)44-18-13-19-46-45-16-8-10-20-51(45)59(53(44)46)43-24-22-42(56-7)23-25-43/h8-34,60H,1-6H3. The Balaban J connectivity index is 1.18. The number of pyridine rings is 2.